The van der Waals surface area contributed by atoms with E-state index in [1.165, 1.54) is 11.3 Å². The van der Waals surface area contributed by atoms with Gasteiger partial charge in [0.25, 0.3) is 5.91 Å². The SMILES string of the molecule is O=C(NC1(C(=O)O)CCCC1)c1csc(-c2cnn(-c3ccccc3)c2)n1. The van der Waals surface area contributed by atoms with Crippen LogP contribution >= 0.6 is 11.3 Å². The normalized spacial score (nSPS) is 15.6. The number of amides is 1. The molecule has 0 saturated heterocycles. The number of rotatable bonds is 5. The Morgan fingerprint density at radius 3 is 2.63 bits per heavy atom. The first-order chi connectivity index (χ1) is 13.1. The lowest BCUT2D eigenvalue weighted by atomic mass is 9.98. The molecule has 0 radical (unpaired) electrons. The van der Waals surface area contributed by atoms with Crippen molar-refractivity contribution in [2.24, 2.45) is 0 Å². The van der Waals surface area contributed by atoms with Gasteiger partial charge < -0.3 is 10.4 Å². The van der Waals surface area contributed by atoms with Gasteiger partial charge in [0.15, 0.2) is 0 Å². The third-order valence-electron chi connectivity index (χ3n) is 4.81. The largest absolute Gasteiger partial charge is 0.480 e. The average molecular weight is 382 g/mol. The van der Waals surface area contributed by atoms with Crippen molar-refractivity contribution >= 4 is 23.2 Å². The second kappa shape index (κ2) is 6.96. The molecule has 1 aromatic carbocycles. The van der Waals surface area contributed by atoms with Gasteiger partial charge in [-0.25, -0.2) is 14.5 Å². The van der Waals surface area contributed by atoms with Crippen molar-refractivity contribution in [1.29, 1.82) is 0 Å². The molecular formula is C19H18N4O3S. The summed E-state index contributed by atoms with van der Waals surface area (Å²) in [7, 11) is 0. The summed E-state index contributed by atoms with van der Waals surface area (Å²) in [4.78, 5) is 28.5. The van der Waals surface area contributed by atoms with Crippen LogP contribution in [0.15, 0.2) is 48.1 Å². The Bertz CT molecular complexity index is 974. The third-order valence-corrected chi connectivity index (χ3v) is 5.70. The van der Waals surface area contributed by atoms with Crippen LogP contribution in [0, 0.1) is 0 Å². The standard InChI is InChI=1S/C19H18N4O3S/c24-16(22-19(18(25)26)8-4-5-9-19)15-12-27-17(21-15)13-10-20-23(11-13)14-6-2-1-3-7-14/h1-3,6-7,10-12H,4-5,8-9H2,(H,22,24)(H,25,26). The maximum absolute atomic E-state index is 12.5. The highest BCUT2D eigenvalue weighted by atomic mass is 32.1. The van der Waals surface area contributed by atoms with Crippen molar-refractivity contribution in [3.05, 3.63) is 53.8 Å². The summed E-state index contributed by atoms with van der Waals surface area (Å²) in [5.74, 6) is -1.43. The molecule has 0 bridgehead atoms. The zero-order valence-electron chi connectivity index (χ0n) is 14.5. The van der Waals surface area contributed by atoms with Crippen LogP contribution in [0.3, 0.4) is 0 Å². The minimum absolute atomic E-state index is 0.231. The topological polar surface area (TPSA) is 97.1 Å². The summed E-state index contributed by atoms with van der Waals surface area (Å²) in [6.45, 7) is 0. The van der Waals surface area contributed by atoms with E-state index in [0.717, 1.165) is 24.1 Å². The fraction of sp³-hybridized carbons (Fsp3) is 0.263. The van der Waals surface area contributed by atoms with Gasteiger partial charge in [-0.15, -0.1) is 11.3 Å². The number of carbonyl (C=O) groups excluding carboxylic acids is 1. The van der Waals surface area contributed by atoms with Gasteiger partial charge >= 0.3 is 5.97 Å². The van der Waals surface area contributed by atoms with Crippen LogP contribution in [-0.4, -0.2) is 37.3 Å². The Hall–Kier alpha value is -3.00. The summed E-state index contributed by atoms with van der Waals surface area (Å²) in [5, 5.41) is 18.9. The van der Waals surface area contributed by atoms with Crippen LogP contribution in [0.25, 0.3) is 16.3 Å². The van der Waals surface area contributed by atoms with E-state index in [1.54, 1.807) is 16.3 Å². The lowest BCUT2D eigenvalue weighted by molar-refractivity contribution is -0.144. The number of aromatic nitrogens is 3. The number of carboxylic acids is 1. The smallest absolute Gasteiger partial charge is 0.329 e. The van der Waals surface area contributed by atoms with Crippen molar-refractivity contribution in [3.63, 3.8) is 0 Å². The molecule has 3 aromatic rings. The maximum atomic E-state index is 12.5. The first kappa shape index (κ1) is 17.4. The van der Waals surface area contributed by atoms with Crippen molar-refractivity contribution in [2.75, 3.05) is 0 Å². The van der Waals surface area contributed by atoms with Crippen LogP contribution in [0.4, 0.5) is 0 Å². The minimum Gasteiger partial charge on any atom is -0.480 e. The summed E-state index contributed by atoms with van der Waals surface area (Å²) >= 11 is 1.33. The second-order valence-electron chi connectivity index (χ2n) is 6.60. The van der Waals surface area contributed by atoms with Crippen molar-refractivity contribution < 1.29 is 14.7 Å². The lowest BCUT2D eigenvalue weighted by Crippen LogP contribution is -2.52. The van der Waals surface area contributed by atoms with Gasteiger partial charge in [0.2, 0.25) is 0 Å². The molecular weight excluding hydrogens is 364 g/mol. The highest BCUT2D eigenvalue weighted by molar-refractivity contribution is 7.13. The van der Waals surface area contributed by atoms with Crippen molar-refractivity contribution in [2.45, 2.75) is 31.2 Å². The van der Waals surface area contributed by atoms with Gasteiger partial charge in [-0.3, -0.25) is 4.79 Å². The predicted octanol–water partition coefficient (Wildman–Crippen LogP) is 3.12. The minimum atomic E-state index is -1.17. The Balaban J connectivity index is 1.53. The lowest BCUT2D eigenvalue weighted by Gasteiger charge is -2.24. The number of nitrogens with zero attached hydrogens (tertiary/aromatic N) is 3. The average Bonchev–Trinajstić information content (AvgIpc) is 3.42. The fourth-order valence-electron chi connectivity index (χ4n) is 3.32. The van der Waals surface area contributed by atoms with Gasteiger partial charge in [-0.05, 0) is 25.0 Å². The Kier molecular flexibility index (Phi) is 4.49. The number of carbonyl (C=O) groups is 2. The molecule has 138 valence electrons. The number of aliphatic carboxylic acids is 1. The zero-order valence-corrected chi connectivity index (χ0v) is 15.3. The van der Waals surface area contributed by atoms with Gasteiger partial charge in [-0.1, -0.05) is 31.0 Å². The van der Waals surface area contributed by atoms with E-state index in [2.05, 4.69) is 15.4 Å². The van der Waals surface area contributed by atoms with Crippen molar-refractivity contribution in [1.82, 2.24) is 20.1 Å². The summed E-state index contributed by atoms with van der Waals surface area (Å²) in [6.07, 6.45) is 6.06. The molecule has 8 heteroatoms. The van der Waals surface area contributed by atoms with Crippen LogP contribution in [0.1, 0.15) is 36.2 Å². The molecule has 2 heterocycles. The molecule has 1 fully saturated rings. The van der Waals surface area contributed by atoms with E-state index in [-0.39, 0.29) is 5.69 Å². The highest BCUT2D eigenvalue weighted by Gasteiger charge is 2.43. The summed E-state index contributed by atoms with van der Waals surface area (Å²) in [6, 6.07) is 9.70. The molecule has 4 rings (SSSR count). The number of thiazole rings is 1. The number of benzene rings is 1. The van der Waals surface area contributed by atoms with Crippen LogP contribution in [0.2, 0.25) is 0 Å². The summed E-state index contributed by atoms with van der Waals surface area (Å²) < 4.78 is 1.74. The Labute approximate surface area is 159 Å². The fourth-order valence-corrected chi connectivity index (χ4v) is 4.09. The van der Waals surface area contributed by atoms with Gasteiger partial charge in [-0.2, -0.15) is 5.10 Å². The first-order valence-corrected chi connectivity index (χ1v) is 9.57. The van der Waals surface area contributed by atoms with E-state index in [4.69, 9.17) is 0 Å². The molecule has 1 amide bonds. The second-order valence-corrected chi connectivity index (χ2v) is 7.45. The maximum Gasteiger partial charge on any atom is 0.329 e. The molecule has 2 aromatic heterocycles. The highest BCUT2D eigenvalue weighted by Crippen LogP contribution is 2.31. The quantitative estimate of drug-likeness (QED) is 0.707. The zero-order chi connectivity index (χ0) is 18.9. The van der Waals surface area contributed by atoms with E-state index < -0.39 is 17.4 Å². The monoisotopic (exact) mass is 382 g/mol. The van der Waals surface area contributed by atoms with E-state index in [9.17, 15) is 14.7 Å². The molecule has 1 aliphatic rings. The number of hydrogen-bond acceptors (Lipinski definition) is 5. The van der Waals surface area contributed by atoms with Crippen LogP contribution in [-0.2, 0) is 4.79 Å². The third kappa shape index (κ3) is 3.35. The van der Waals surface area contributed by atoms with E-state index >= 15 is 0 Å². The summed E-state index contributed by atoms with van der Waals surface area (Å²) in [5.41, 5.74) is 0.800. The number of nitrogens with one attached hydrogen (secondary N) is 1. The van der Waals surface area contributed by atoms with E-state index in [0.29, 0.717) is 17.8 Å². The molecule has 27 heavy (non-hydrogen) atoms. The molecule has 0 unspecified atom stereocenters. The molecule has 1 saturated carbocycles. The van der Waals surface area contributed by atoms with Crippen LogP contribution in [0.5, 0.6) is 0 Å². The number of carboxylic acid groups (broad SMARTS) is 1. The Morgan fingerprint density at radius 2 is 1.93 bits per heavy atom. The molecule has 0 atom stereocenters. The molecule has 1 aliphatic carbocycles. The van der Waals surface area contributed by atoms with Crippen molar-refractivity contribution in [3.8, 4) is 16.3 Å². The number of hydrogen-bond donors (Lipinski definition) is 2. The Morgan fingerprint density at radius 1 is 1.19 bits per heavy atom. The molecule has 0 aliphatic heterocycles. The van der Waals surface area contributed by atoms with E-state index in [1.807, 2.05) is 36.5 Å². The molecule has 2 N–H and O–H groups in total. The first-order valence-electron chi connectivity index (χ1n) is 8.69. The molecule has 0 spiro atoms. The number of para-hydroxylation sites is 1. The predicted molar refractivity (Wildman–Crippen MR) is 101 cm³/mol. The van der Waals surface area contributed by atoms with Crippen LogP contribution < -0.4 is 5.32 Å². The van der Waals surface area contributed by atoms with Gasteiger partial charge in [0.1, 0.15) is 16.2 Å². The van der Waals surface area contributed by atoms with Gasteiger partial charge in [0, 0.05) is 17.1 Å². The molecule has 7 nitrogen and oxygen atoms in total. The van der Waals surface area contributed by atoms with Gasteiger partial charge in [0.05, 0.1) is 11.9 Å².